The molecule has 3 aliphatic rings. The third kappa shape index (κ3) is 8.43. The molecule has 10 nitrogen and oxygen atoms in total. The Balaban J connectivity index is 1.20. The summed E-state index contributed by atoms with van der Waals surface area (Å²) in [7, 11) is 0. The van der Waals surface area contributed by atoms with Gasteiger partial charge >= 0.3 is 6.18 Å². The van der Waals surface area contributed by atoms with Gasteiger partial charge in [0.15, 0.2) is 0 Å². The Morgan fingerprint density at radius 1 is 0.957 bits per heavy atom. The average molecular weight is 643 g/mol. The number of amides is 4. The molecule has 3 N–H and O–H groups in total. The second kappa shape index (κ2) is 14.6. The minimum Gasteiger partial charge on any atom is -0.352 e. The summed E-state index contributed by atoms with van der Waals surface area (Å²) >= 11 is 0. The summed E-state index contributed by atoms with van der Waals surface area (Å²) in [5, 5.41) is 8.99. The number of fused-ring (bicyclic) bond motifs is 1. The zero-order chi connectivity index (χ0) is 32.8. The van der Waals surface area contributed by atoms with Crippen molar-refractivity contribution in [2.24, 2.45) is 5.92 Å². The van der Waals surface area contributed by atoms with Crippen molar-refractivity contribution in [1.29, 1.82) is 0 Å². The summed E-state index contributed by atoms with van der Waals surface area (Å²) in [5.74, 6) is -1.23. The molecule has 4 unspecified atom stereocenters. The Labute approximate surface area is 266 Å². The fourth-order valence-corrected chi connectivity index (χ4v) is 6.70. The van der Waals surface area contributed by atoms with E-state index in [0.717, 1.165) is 43.6 Å². The number of benzene rings is 2. The van der Waals surface area contributed by atoms with Crippen LogP contribution in [0.25, 0.3) is 0 Å². The van der Waals surface area contributed by atoms with Crippen molar-refractivity contribution >= 4 is 23.6 Å². The molecule has 2 saturated heterocycles. The lowest BCUT2D eigenvalue weighted by atomic mass is 9.79. The summed E-state index contributed by atoms with van der Waals surface area (Å²) in [4.78, 5) is 57.2. The molecule has 0 aromatic heterocycles. The molecule has 13 heteroatoms. The highest BCUT2D eigenvalue weighted by Gasteiger charge is 2.43. The molecule has 4 atom stereocenters. The largest absolute Gasteiger partial charge is 0.416 e. The van der Waals surface area contributed by atoms with Crippen molar-refractivity contribution in [3.8, 4) is 0 Å². The van der Waals surface area contributed by atoms with Gasteiger partial charge in [0.05, 0.1) is 30.6 Å². The Bertz CT molecular complexity index is 1380. The maximum Gasteiger partial charge on any atom is 0.416 e. The van der Waals surface area contributed by atoms with Gasteiger partial charge in [-0.2, -0.15) is 13.2 Å². The van der Waals surface area contributed by atoms with Gasteiger partial charge < -0.3 is 20.4 Å². The lowest BCUT2D eigenvalue weighted by Gasteiger charge is -2.47. The van der Waals surface area contributed by atoms with Crippen LogP contribution >= 0.6 is 0 Å². The number of halogens is 3. The normalized spacial score (nSPS) is 23.0. The lowest BCUT2D eigenvalue weighted by molar-refractivity contribution is -0.146. The van der Waals surface area contributed by atoms with E-state index in [9.17, 15) is 32.3 Å². The van der Waals surface area contributed by atoms with Gasteiger partial charge in [0, 0.05) is 51.7 Å². The smallest absolute Gasteiger partial charge is 0.352 e. The molecule has 0 bridgehead atoms. The second-order valence-electron chi connectivity index (χ2n) is 12.3. The minimum atomic E-state index is -4.52. The predicted molar refractivity (Wildman–Crippen MR) is 164 cm³/mol. The topological polar surface area (TPSA) is 114 Å². The molecule has 3 fully saturated rings. The Hall–Kier alpha value is -3.97. The first kappa shape index (κ1) is 33.4. The molecule has 46 heavy (non-hydrogen) atoms. The number of nitrogens with one attached hydrogen (secondary N) is 3. The first-order valence-corrected chi connectivity index (χ1v) is 15.8. The third-order valence-corrected chi connectivity index (χ3v) is 9.30. The molecular weight excluding hydrogens is 601 g/mol. The first-order chi connectivity index (χ1) is 22.0. The van der Waals surface area contributed by atoms with Crippen molar-refractivity contribution in [3.63, 3.8) is 0 Å². The van der Waals surface area contributed by atoms with Gasteiger partial charge in [-0.25, -0.2) is 0 Å². The van der Waals surface area contributed by atoms with Crippen molar-refractivity contribution in [2.75, 3.05) is 39.4 Å². The van der Waals surface area contributed by atoms with E-state index in [4.69, 9.17) is 0 Å². The molecule has 248 valence electrons. The molecular formula is C33H41F3N6O4. The van der Waals surface area contributed by atoms with E-state index in [1.807, 2.05) is 35.2 Å². The van der Waals surface area contributed by atoms with Crippen LogP contribution in [0.15, 0.2) is 54.6 Å². The van der Waals surface area contributed by atoms with Crippen molar-refractivity contribution in [3.05, 3.63) is 71.3 Å². The van der Waals surface area contributed by atoms with E-state index in [-0.39, 0.29) is 61.9 Å². The summed E-state index contributed by atoms with van der Waals surface area (Å²) in [5.41, 5.74) is 0.393. The van der Waals surface area contributed by atoms with Crippen LogP contribution in [0.1, 0.15) is 55.3 Å². The number of rotatable bonds is 9. The predicted octanol–water partition coefficient (Wildman–Crippen LogP) is 2.66. The van der Waals surface area contributed by atoms with Gasteiger partial charge in [-0.05, 0) is 42.5 Å². The van der Waals surface area contributed by atoms with E-state index in [0.29, 0.717) is 25.1 Å². The molecule has 0 radical (unpaired) electrons. The fourth-order valence-electron chi connectivity index (χ4n) is 6.70. The molecule has 4 amide bonds. The molecule has 0 spiro atoms. The SMILES string of the molecule is CC(=O)N1CCN(C2CCC3NCN(CC(=O)NC(CC(=O)NCc4ccccc4)c4ccc(C(F)(F)F)cc4)C(=O)C3C2)CC1. The number of piperazine rings is 1. The van der Waals surface area contributed by atoms with Crippen molar-refractivity contribution in [2.45, 2.75) is 63.5 Å². The highest BCUT2D eigenvalue weighted by atomic mass is 19.4. The number of hydrogen-bond donors (Lipinski definition) is 3. The third-order valence-electron chi connectivity index (χ3n) is 9.30. The number of alkyl halides is 3. The molecule has 2 aromatic rings. The molecule has 2 aromatic carbocycles. The fraction of sp³-hybridized carbons (Fsp3) is 0.515. The zero-order valence-corrected chi connectivity index (χ0v) is 25.9. The van der Waals surface area contributed by atoms with Crippen LogP contribution in [0, 0.1) is 5.92 Å². The first-order valence-electron chi connectivity index (χ1n) is 15.8. The number of carbonyl (C=O) groups is 4. The Morgan fingerprint density at radius 3 is 2.30 bits per heavy atom. The van der Waals surface area contributed by atoms with Gasteiger partial charge in [-0.3, -0.25) is 29.4 Å². The standard InChI is InChI=1S/C33H41F3N6O4/c1-22(43)40-13-15-41(16-14-40)26-11-12-28-27(17-26)32(46)42(21-38-28)20-31(45)39-29(24-7-9-25(10-8-24)33(34,35)36)18-30(44)37-19-23-5-3-2-4-6-23/h2-10,26-29,38H,11-21H2,1H3,(H,37,44)(H,39,45). The van der Waals surface area contributed by atoms with Gasteiger partial charge in [-0.1, -0.05) is 42.5 Å². The maximum atomic E-state index is 13.6. The zero-order valence-electron chi connectivity index (χ0n) is 25.9. The van der Waals surface area contributed by atoms with Crippen LogP contribution in [-0.4, -0.2) is 89.8 Å². The van der Waals surface area contributed by atoms with E-state index in [1.165, 1.54) is 17.0 Å². The maximum absolute atomic E-state index is 13.6. The van der Waals surface area contributed by atoms with Gasteiger partial charge in [0.2, 0.25) is 23.6 Å². The quantitative estimate of drug-likeness (QED) is 0.388. The summed E-state index contributed by atoms with van der Waals surface area (Å²) in [6, 6.07) is 13.0. The number of nitrogens with zero attached hydrogens (tertiary/aromatic N) is 3. The second-order valence-corrected chi connectivity index (χ2v) is 12.3. The Kier molecular flexibility index (Phi) is 10.6. The van der Waals surface area contributed by atoms with Crippen LogP contribution in [-0.2, 0) is 31.9 Å². The van der Waals surface area contributed by atoms with E-state index in [1.54, 1.807) is 6.92 Å². The van der Waals surface area contributed by atoms with E-state index >= 15 is 0 Å². The highest BCUT2D eigenvalue weighted by molar-refractivity contribution is 5.87. The average Bonchev–Trinajstić information content (AvgIpc) is 3.05. The molecule has 2 aliphatic heterocycles. The van der Waals surface area contributed by atoms with E-state index < -0.39 is 23.7 Å². The van der Waals surface area contributed by atoms with Crippen LogP contribution in [0.3, 0.4) is 0 Å². The highest BCUT2D eigenvalue weighted by Crippen LogP contribution is 2.33. The molecule has 1 aliphatic carbocycles. The molecule has 2 heterocycles. The number of carbonyl (C=O) groups excluding carboxylic acids is 4. The molecule has 1 saturated carbocycles. The summed E-state index contributed by atoms with van der Waals surface area (Å²) in [6.07, 6.45) is -2.28. The summed E-state index contributed by atoms with van der Waals surface area (Å²) in [6.45, 7) is 4.66. The Morgan fingerprint density at radius 2 is 1.65 bits per heavy atom. The van der Waals surface area contributed by atoms with Crippen LogP contribution in [0.2, 0.25) is 0 Å². The van der Waals surface area contributed by atoms with Crippen LogP contribution in [0.5, 0.6) is 0 Å². The van der Waals surface area contributed by atoms with Crippen LogP contribution < -0.4 is 16.0 Å². The minimum absolute atomic E-state index is 0.0229. The van der Waals surface area contributed by atoms with Gasteiger partial charge in [0.1, 0.15) is 6.54 Å². The number of hydrogen-bond acceptors (Lipinski definition) is 6. The monoisotopic (exact) mass is 642 g/mol. The lowest BCUT2D eigenvalue weighted by Crippen LogP contribution is -2.62. The summed E-state index contributed by atoms with van der Waals surface area (Å²) < 4.78 is 39.6. The molecule has 5 rings (SSSR count). The van der Waals surface area contributed by atoms with E-state index in [2.05, 4.69) is 20.9 Å². The van der Waals surface area contributed by atoms with Gasteiger partial charge in [-0.15, -0.1) is 0 Å². The van der Waals surface area contributed by atoms with Crippen molar-refractivity contribution in [1.82, 2.24) is 30.7 Å². The van der Waals surface area contributed by atoms with Gasteiger partial charge in [0.25, 0.3) is 0 Å². The van der Waals surface area contributed by atoms with Crippen molar-refractivity contribution < 1.29 is 32.3 Å². The van der Waals surface area contributed by atoms with Crippen LogP contribution in [0.4, 0.5) is 13.2 Å².